The monoisotopic (exact) mass is 255 g/mol. The summed E-state index contributed by atoms with van der Waals surface area (Å²) in [5, 5.41) is 11.9. The Kier molecular flexibility index (Phi) is 5.85. The number of carbonyl (C=O) groups excluding carboxylic acids is 1. The third-order valence-electron chi connectivity index (χ3n) is 3.05. The molecule has 1 aliphatic carbocycles. The smallest absolute Gasteiger partial charge is 0.307 e. The SMILES string of the molecule is CCOCC(C)NC(=O)C1CC=CCC1C(=O)O. The number of allylic oxidation sites excluding steroid dienone is 2. The molecular weight excluding hydrogens is 234 g/mol. The Balaban J connectivity index is 2.53. The second kappa shape index (κ2) is 7.16. The average molecular weight is 255 g/mol. The van der Waals surface area contributed by atoms with Crippen LogP contribution in [0.4, 0.5) is 0 Å². The van der Waals surface area contributed by atoms with Gasteiger partial charge in [0.1, 0.15) is 0 Å². The fourth-order valence-corrected chi connectivity index (χ4v) is 2.06. The quantitative estimate of drug-likeness (QED) is 0.699. The first kappa shape index (κ1) is 14.7. The van der Waals surface area contributed by atoms with E-state index in [-0.39, 0.29) is 11.9 Å². The first-order valence-electron chi connectivity index (χ1n) is 6.32. The van der Waals surface area contributed by atoms with Crippen LogP contribution in [0.15, 0.2) is 12.2 Å². The van der Waals surface area contributed by atoms with Crippen LogP contribution in [0.1, 0.15) is 26.7 Å². The molecule has 2 N–H and O–H groups in total. The predicted octanol–water partition coefficient (Wildman–Crippen LogP) is 1.19. The minimum atomic E-state index is -0.906. The molecule has 0 spiro atoms. The third kappa shape index (κ3) is 4.14. The van der Waals surface area contributed by atoms with Gasteiger partial charge in [0, 0.05) is 12.6 Å². The maximum absolute atomic E-state index is 12.0. The summed E-state index contributed by atoms with van der Waals surface area (Å²) < 4.78 is 5.21. The summed E-state index contributed by atoms with van der Waals surface area (Å²) >= 11 is 0. The second-order valence-corrected chi connectivity index (χ2v) is 4.56. The summed E-state index contributed by atoms with van der Waals surface area (Å²) in [6, 6.07) is -0.0993. The number of nitrogens with one attached hydrogen (secondary N) is 1. The molecule has 0 aromatic rings. The molecule has 5 nitrogen and oxygen atoms in total. The lowest BCUT2D eigenvalue weighted by Crippen LogP contribution is -2.44. The third-order valence-corrected chi connectivity index (χ3v) is 3.05. The van der Waals surface area contributed by atoms with Gasteiger partial charge >= 0.3 is 5.97 Å². The van der Waals surface area contributed by atoms with E-state index in [9.17, 15) is 9.59 Å². The summed E-state index contributed by atoms with van der Waals surface area (Å²) in [7, 11) is 0. The van der Waals surface area contributed by atoms with Crippen molar-refractivity contribution in [2.24, 2.45) is 11.8 Å². The molecule has 0 heterocycles. The minimum absolute atomic E-state index is 0.0993. The fraction of sp³-hybridized carbons (Fsp3) is 0.692. The zero-order valence-corrected chi connectivity index (χ0v) is 10.9. The normalized spacial score (nSPS) is 24.6. The Morgan fingerprint density at radius 3 is 2.56 bits per heavy atom. The van der Waals surface area contributed by atoms with E-state index in [2.05, 4.69) is 5.32 Å². The number of carboxylic acid groups (broad SMARTS) is 1. The summed E-state index contributed by atoms with van der Waals surface area (Å²) in [6.07, 6.45) is 4.61. The molecule has 0 fully saturated rings. The van der Waals surface area contributed by atoms with Crippen molar-refractivity contribution in [3.63, 3.8) is 0 Å². The van der Waals surface area contributed by atoms with E-state index in [0.29, 0.717) is 26.1 Å². The summed E-state index contributed by atoms with van der Waals surface area (Å²) in [5.74, 6) is -2.19. The molecule has 0 radical (unpaired) electrons. The molecule has 3 atom stereocenters. The maximum atomic E-state index is 12.0. The number of amides is 1. The van der Waals surface area contributed by atoms with Crippen LogP contribution in [-0.4, -0.2) is 36.2 Å². The van der Waals surface area contributed by atoms with Crippen molar-refractivity contribution in [2.45, 2.75) is 32.7 Å². The second-order valence-electron chi connectivity index (χ2n) is 4.56. The lowest BCUT2D eigenvalue weighted by molar-refractivity contribution is -0.147. The zero-order valence-electron chi connectivity index (χ0n) is 10.9. The number of carbonyl (C=O) groups is 2. The number of carboxylic acids is 1. The largest absolute Gasteiger partial charge is 0.481 e. The highest BCUT2D eigenvalue weighted by Gasteiger charge is 2.34. The predicted molar refractivity (Wildman–Crippen MR) is 67.1 cm³/mol. The van der Waals surface area contributed by atoms with Crippen molar-refractivity contribution >= 4 is 11.9 Å². The molecular formula is C13H21NO4. The Bertz CT molecular complexity index is 327. The van der Waals surface area contributed by atoms with Gasteiger partial charge in [-0.2, -0.15) is 0 Å². The maximum Gasteiger partial charge on any atom is 0.307 e. The molecule has 1 rings (SSSR count). The Hall–Kier alpha value is -1.36. The highest BCUT2D eigenvalue weighted by molar-refractivity contribution is 5.85. The van der Waals surface area contributed by atoms with Gasteiger partial charge in [-0.25, -0.2) is 0 Å². The van der Waals surface area contributed by atoms with Crippen molar-refractivity contribution in [2.75, 3.05) is 13.2 Å². The standard InChI is InChI=1S/C13H21NO4/c1-3-18-8-9(2)14-12(15)10-6-4-5-7-11(10)13(16)17/h4-5,9-11H,3,6-8H2,1-2H3,(H,14,15)(H,16,17). The highest BCUT2D eigenvalue weighted by Crippen LogP contribution is 2.26. The van der Waals surface area contributed by atoms with E-state index in [1.54, 1.807) is 0 Å². The van der Waals surface area contributed by atoms with Crippen molar-refractivity contribution < 1.29 is 19.4 Å². The topological polar surface area (TPSA) is 75.6 Å². The molecule has 0 bridgehead atoms. The van der Waals surface area contributed by atoms with Crippen molar-refractivity contribution in [1.82, 2.24) is 5.32 Å². The Morgan fingerprint density at radius 1 is 1.39 bits per heavy atom. The van der Waals surface area contributed by atoms with Gasteiger partial charge in [-0.05, 0) is 26.7 Å². The lowest BCUT2D eigenvalue weighted by atomic mass is 9.82. The van der Waals surface area contributed by atoms with Crippen LogP contribution in [0.2, 0.25) is 0 Å². The van der Waals surface area contributed by atoms with Gasteiger partial charge in [-0.15, -0.1) is 0 Å². The minimum Gasteiger partial charge on any atom is -0.481 e. The van der Waals surface area contributed by atoms with Crippen LogP contribution in [0.25, 0.3) is 0 Å². The Labute approximate surface area is 107 Å². The zero-order chi connectivity index (χ0) is 13.5. The fourth-order valence-electron chi connectivity index (χ4n) is 2.06. The van der Waals surface area contributed by atoms with E-state index in [0.717, 1.165) is 0 Å². The van der Waals surface area contributed by atoms with E-state index in [1.807, 2.05) is 26.0 Å². The highest BCUT2D eigenvalue weighted by atomic mass is 16.5. The van der Waals surface area contributed by atoms with E-state index in [1.165, 1.54) is 0 Å². The molecule has 0 aromatic carbocycles. The van der Waals surface area contributed by atoms with Crippen LogP contribution in [0.5, 0.6) is 0 Å². The van der Waals surface area contributed by atoms with Crippen LogP contribution >= 0.6 is 0 Å². The number of rotatable bonds is 6. The summed E-state index contributed by atoms with van der Waals surface area (Å²) in [6.45, 7) is 4.79. The van der Waals surface area contributed by atoms with Gasteiger partial charge in [-0.1, -0.05) is 12.2 Å². The van der Waals surface area contributed by atoms with Gasteiger partial charge in [0.25, 0.3) is 0 Å². The molecule has 0 aliphatic heterocycles. The summed E-state index contributed by atoms with van der Waals surface area (Å²) in [4.78, 5) is 23.1. The molecule has 0 aromatic heterocycles. The lowest BCUT2D eigenvalue weighted by Gasteiger charge is -2.25. The molecule has 3 unspecified atom stereocenters. The van der Waals surface area contributed by atoms with Crippen molar-refractivity contribution in [3.8, 4) is 0 Å². The number of hydrogen-bond donors (Lipinski definition) is 2. The van der Waals surface area contributed by atoms with Crippen LogP contribution in [-0.2, 0) is 14.3 Å². The molecule has 102 valence electrons. The van der Waals surface area contributed by atoms with Gasteiger partial charge in [0.15, 0.2) is 0 Å². The summed E-state index contributed by atoms with van der Waals surface area (Å²) in [5.41, 5.74) is 0. The van der Waals surface area contributed by atoms with E-state index >= 15 is 0 Å². The van der Waals surface area contributed by atoms with Crippen LogP contribution in [0.3, 0.4) is 0 Å². The molecule has 1 aliphatic rings. The molecule has 5 heteroatoms. The van der Waals surface area contributed by atoms with Gasteiger partial charge < -0.3 is 15.2 Å². The van der Waals surface area contributed by atoms with Crippen molar-refractivity contribution in [3.05, 3.63) is 12.2 Å². The number of hydrogen-bond acceptors (Lipinski definition) is 3. The van der Waals surface area contributed by atoms with Gasteiger partial charge in [-0.3, -0.25) is 9.59 Å². The Morgan fingerprint density at radius 2 is 2.00 bits per heavy atom. The number of aliphatic carboxylic acids is 1. The van der Waals surface area contributed by atoms with Gasteiger partial charge in [0.2, 0.25) is 5.91 Å². The number of ether oxygens (including phenoxy) is 1. The average Bonchev–Trinajstić information content (AvgIpc) is 2.36. The molecule has 18 heavy (non-hydrogen) atoms. The van der Waals surface area contributed by atoms with Gasteiger partial charge in [0.05, 0.1) is 18.4 Å². The van der Waals surface area contributed by atoms with E-state index in [4.69, 9.17) is 9.84 Å². The molecule has 1 amide bonds. The molecule has 0 saturated heterocycles. The van der Waals surface area contributed by atoms with Crippen LogP contribution in [0, 0.1) is 11.8 Å². The van der Waals surface area contributed by atoms with E-state index < -0.39 is 17.8 Å². The van der Waals surface area contributed by atoms with Crippen LogP contribution < -0.4 is 5.32 Å². The first-order valence-corrected chi connectivity index (χ1v) is 6.32. The molecule has 0 saturated carbocycles. The first-order chi connectivity index (χ1) is 8.56. The van der Waals surface area contributed by atoms with Crippen molar-refractivity contribution in [1.29, 1.82) is 0 Å².